The molecule has 1 saturated carbocycles. The van der Waals surface area contributed by atoms with E-state index in [1.807, 2.05) is 45.0 Å². The highest BCUT2D eigenvalue weighted by Crippen LogP contribution is 2.42. The van der Waals surface area contributed by atoms with Crippen LogP contribution in [-0.4, -0.2) is 45.4 Å². The number of pyridine rings is 2. The molecule has 3 heterocycles. The number of nitrogens with zero attached hydrogens (tertiary/aromatic N) is 4. The number of alkyl halides is 1. The molecule has 3 aromatic heterocycles. The van der Waals surface area contributed by atoms with Crippen molar-refractivity contribution in [3.05, 3.63) is 72.2 Å². The summed E-state index contributed by atoms with van der Waals surface area (Å²) in [5.41, 5.74) is 1.16. The number of aliphatic hydroxyl groups excluding tert-OH is 1. The lowest BCUT2D eigenvalue weighted by molar-refractivity contribution is -0.113. The van der Waals surface area contributed by atoms with Crippen molar-refractivity contribution in [3.8, 4) is 17.1 Å². The highest BCUT2D eigenvalue weighted by Gasteiger charge is 2.51. The van der Waals surface area contributed by atoms with Gasteiger partial charge in [0.25, 0.3) is 0 Å². The fraction of sp³-hybridized carbons (Fsp3) is 0.370. The van der Waals surface area contributed by atoms with E-state index in [9.17, 15) is 19.2 Å². The van der Waals surface area contributed by atoms with Crippen molar-refractivity contribution < 1.29 is 19.2 Å². The molecule has 0 bridgehead atoms. The van der Waals surface area contributed by atoms with Crippen molar-refractivity contribution in [1.82, 2.24) is 24.5 Å². The maximum atomic E-state index is 13.2. The van der Waals surface area contributed by atoms with Gasteiger partial charge >= 0.3 is 0 Å². The van der Waals surface area contributed by atoms with Gasteiger partial charge in [0.05, 0.1) is 34.9 Å². The number of aromatic nitrogens is 4. The maximum absolute atomic E-state index is 13.2. The van der Waals surface area contributed by atoms with Gasteiger partial charge in [0, 0.05) is 28.2 Å². The van der Waals surface area contributed by atoms with Crippen LogP contribution in [0.4, 0.5) is 4.39 Å². The van der Waals surface area contributed by atoms with Gasteiger partial charge in [-0.05, 0) is 63.9 Å². The lowest BCUT2D eigenvalue weighted by Gasteiger charge is -2.44. The van der Waals surface area contributed by atoms with E-state index in [2.05, 4.69) is 14.8 Å². The van der Waals surface area contributed by atoms with Crippen LogP contribution in [0.15, 0.2) is 60.8 Å². The summed E-state index contributed by atoms with van der Waals surface area (Å²) in [6.07, 6.45) is 1.98. The zero-order chi connectivity index (χ0) is 26.4. The molecule has 4 aromatic rings. The van der Waals surface area contributed by atoms with Crippen molar-refractivity contribution in [1.29, 1.82) is 0 Å². The molecule has 1 unspecified atom stereocenters. The Morgan fingerprint density at radius 1 is 1.11 bits per heavy atom. The van der Waals surface area contributed by atoms with Crippen LogP contribution < -0.4 is 4.72 Å². The summed E-state index contributed by atoms with van der Waals surface area (Å²) in [7, 11) is 0. The highest BCUT2D eigenvalue weighted by atomic mass is 32.2. The molecule has 0 radical (unpaired) electrons. The second-order valence-electron chi connectivity index (χ2n) is 10.4. The minimum Gasteiger partial charge on any atom is -0.598 e. The van der Waals surface area contributed by atoms with Gasteiger partial charge < -0.3 is 14.8 Å². The Balaban J connectivity index is 1.54. The number of aliphatic hydroxyl groups is 2. The molecular formula is C27H30FN5O3S. The minimum absolute atomic E-state index is 0.326. The Bertz CT molecular complexity index is 1420. The molecule has 37 heavy (non-hydrogen) atoms. The molecule has 0 saturated heterocycles. The van der Waals surface area contributed by atoms with Crippen LogP contribution in [0.5, 0.6) is 0 Å². The predicted octanol–water partition coefficient (Wildman–Crippen LogP) is 3.92. The van der Waals surface area contributed by atoms with Gasteiger partial charge in [0.15, 0.2) is 5.82 Å². The summed E-state index contributed by atoms with van der Waals surface area (Å²) >= 11 is -1.57. The molecular weight excluding hydrogens is 493 g/mol. The van der Waals surface area contributed by atoms with Crippen molar-refractivity contribution in [2.45, 2.75) is 56.9 Å². The molecule has 1 aliphatic carbocycles. The maximum Gasteiger partial charge on any atom is 0.203 e. The Morgan fingerprint density at radius 3 is 2.57 bits per heavy atom. The first-order valence-electron chi connectivity index (χ1n) is 12.2. The van der Waals surface area contributed by atoms with Gasteiger partial charge in [-0.1, -0.05) is 24.3 Å². The Hall–Kier alpha value is -2.89. The standard InChI is InChI=1S/C27H30FN5O3S/c1-26(2,3)37(36)32-27(35,19-13-21(34)14-19)24-8-5-7-22(31-24)17-10-11-18-16-29-33(23(18)12-17)25-9-4-6-20(15-28)30-25/h4-12,16,19,21,32,34-35H,13-15H2,1-3H3/t19?,21?,27-,37?/m0/s1. The SMILES string of the molecule is CC(C)(C)[S+]([O-])N[C@@](O)(c1cccc(-c2ccc3cnn(-c4cccc(CF)n4)c3c2)n1)C1CC(O)C1. The van der Waals surface area contributed by atoms with Gasteiger partial charge in [-0.15, -0.1) is 4.72 Å². The molecule has 194 valence electrons. The van der Waals surface area contributed by atoms with Crippen LogP contribution in [0.2, 0.25) is 0 Å². The number of hydrogen-bond donors (Lipinski definition) is 3. The van der Waals surface area contributed by atoms with Crippen molar-refractivity contribution >= 4 is 22.3 Å². The number of halogens is 1. The number of benzene rings is 1. The fourth-order valence-corrected chi connectivity index (χ4v) is 5.26. The van der Waals surface area contributed by atoms with E-state index in [4.69, 9.17) is 4.98 Å². The third-order valence-electron chi connectivity index (χ3n) is 6.66. The van der Waals surface area contributed by atoms with Crippen LogP contribution in [0.25, 0.3) is 28.0 Å². The average Bonchev–Trinajstić information content (AvgIpc) is 3.29. The molecule has 8 nitrogen and oxygen atoms in total. The minimum atomic E-state index is -1.67. The van der Waals surface area contributed by atoms with Gasteiger partial charge in [0.2, 0.25) is 5.72 Å². The quantitative estimate of drug-likeness (QED) is 0.248. The van der Waals surface area contributed by atoms with Crippen molar-refractivity contribution in [2.75, 3.05) is 0 Å². The summed E-state index contributed by atoms with van der Waals surface area (Å²) in [4.78, 5) is 9.12. The van der Waals surface area contributed by atoms with Crippen LogP contribution in [0.1, 0.15) is 45.0 Å². The number of nitrogens with one attached hydrogen (secondary N) is 1. The van der Waals surface area contributed by atoms with E-state index in [-0.39, 0.29) is 5.92 Å². The molecule has 0 spiro atoms. The molecule has 2 atom stereocenters. The summed E-state index contributed by atoms with van der Waals surface area (Å²) in [5, 5.41) is 27.0. The third-order valence-corrected chi connectivity index (χ3v) is 8.27. The molecule has 10 heteroatoms. The number of hydrogen-bond acceptors (Lipinski definition) is 7. The van der Waals surface area contributed by atoms with E-state index < -0.39 is 34.6 Å². The van der Waals surface area contributed by atoms with E-state index in [1.165, 1.54) is 0 Å². The predicted molar refractivity (Wildman–Crippen MR) is 141 cm³/mol. The molecule has 1 aliphatic rings. The second-order valence-corrected chi connectivity index (χ2v) is 12.4. The van der Waals surface area contributed by atoms with Crippen LogP contribution in [-0.2, 0) is 23.8 Å². The molecule has 1 fully saturated rings. The zero-order valence-electron chi connectivity index (χ0n) is 20.9. The largest absolute Gasteiger partial charge is 0.598 e. The van der Waals surface area contributed by atoms with Gasteiger partial charge in [-0.25, -0.2) is 19.0 Å². The molecule has 0 aliphatic heterocycles. The smallest absolute Gasteiger partial charge is 0.203 e. The Morgan fingerprint density at radius 2 is 1.86 bits per heavy atom. The topological polar surface area (TPSA) is 119 Å². The summed E-state index contributed by atoms with van der Waals surface area (Å²) in [6, 6.07) is 16.2. The molecule has 3 N–H and O–H groups in total. The van der Waals surface area contributed by atoms with E-state index in [1.54, 1.807) is 41.2 Å². The monoisotopic (exact) mass is 523 g/mol. The molecule has 0 amide bonds. The van der Waals surface area contributed by atoms with Gasteiger partial charge in [-0.2, -0.15) is 5.10 Å². The van der Waals surface area contributed by atoms with Crippen LogP contribution in [0.3, 0.4) is 0 Å². The van der Waals surface area contributed by atoms with E-state index in [0.29, 0.717) is 35.7 Å². The molecule has 1 aromatic carbocycles. The first kappa shape index (κ1) is 25.7. The summed E-state index contributed by atoms with van der Waals surface area (Å²) in [6.45, 7) is 4.81. The Kier molecular flexibility index (Phi) is 6.80. The first-order valence-corrected chi connectivity index (χ1v) is 13.3. The van der Waals surface area contributed by atoms with Crippen LogP contribution in [0, 0.1) is 5.92 Å². The second kappa shape index (κ2) is 9.77. The summed E-state index contributed by atoms with van der Waals surface area (Å²) in [5.74, 6) is 0.171. The van der Waals surface area contributed by atoms with Gasteiger partial charge in [-0.3, -0.25) is 0 Å². The average molecular weight is 524 g/mol. The van der Waals surface area contributed by atoms with Gasteiger partial charge in [0.1, 0.15) is 11.4 Å². The lowest BCUT2D eigenvalue weighted by Crippen LogP contribution is -2.59. The lowest BCUT2D eigenvalue weighted by atomic mass is 9.74. The third kappa shape index (κ3) is 4.99. The van der Waals surface area contributed by atoms with E-state index >= 15 is 0 Å². The first-order chi connectivity index (χ1) is 17.6. The van der Waals surface area contributed by atoms with E-state index in [0.717, 1.165) is 16.5 Å². The number of fused-ring (bicyclic) bond motifs is 1. The zero-order valence-corrected chi connectivity index (χ0v) is 21.7. The fourth-order valence-electron chi connectivity index (χ4n) is 4.40. The van der Waals surface area contributed by atoms with Crippen molar-refractivity contribution in [3.63, 3.8) is 0 Å². The van der Waals surface area contributed by atoms with Crippen LogP contribution >= 0.6 is 0 Å². The van der Waals surface area contributed by atoms with Crippen molar-refractivity contribution in [2.24, 2.45) is 5.92 Å². The highest BCUT2D eigenvalue weighted by molar-refractivity contribution is 7.90. The Labute approximate surface area is 217 Å². The normalized spacial score (nSPS) is 20.4. The molecule has 5 rings (SSSR count). The number of rotatable bonds is 7. The summed E-state index contributed by atoms with van der Waals surface area (Å²) < 4.78 is 30.1.